The third kappa shape index (κ3) is 5.26. The highest BCUT2D eigenvalue weighted by Gasteiger charge is 2.21. The van der Waals surface area contributed by atoms with Crippen LogP contribution in [0, 0.1) is 0 Å². The highest BCUT2D eigenvalue weighted by Crippen LogP contribution is 2.22. The standard InChI is InChI=1S/C20H25Cl2N5O/c21-16-10-15(11-17(22)12-16)13-26-5-1-2-18(14-26)24-19-3-4-23-20(25-19)27-6-8-28-9-7-27/h3-4,10-12,18H,1-2,5-9,13-14H2,(H,23,24,25). The van der Waals surface area contributed by atoms with Gasteiger partial charge in [0.1, 0.15) is 5.82 Å². The summed E-state index contributed by atoms with van der Waals surface area (Å²) in [6, 6.07) is 8.05. The number of rotatable bonds is 5. The lowest BCUT2D eigenvalue weighted by atomic mass is 10.0. The summed E-state index contributed by atoms with van der Waals surface area (Å²) < 4.78 is 5.41. The molecular weight excluding hydrogens is 397 g/mol. The van der Waals surface area contributed by atoms with Gasteiger partial charge >= 0.3 is 0 Å². The highest BCUT2D eigenvalue weighted by atomic mass is 35.5. The van der Waals surface area contributed by atoms with Crippen molar-refractivity contribution in [2.75, 3.05) is 49.6 Å². The monoisotopic (exact) mass is 421 g/mol. The van der Waals surface area contributed by atoms with E-state index >= 15 is 0 Å². The maximum absolute atomic E-state index is 6.14. The Morgan fingerprint density at radius 3 is 2.68 bits per heavy atom. The van der Waals surface area contributed by atoms with Crippen LogP contribution in [-0.4, -0.2) is 60.3 Å². The Bertz CT molecular complexity index is 780. The summed E-state index contributed by atoms with van der Waals surface area (Å²) in [4.78, 5) is 13.8. The van der Waals surface area contributed by atoms with Gasteiger partial charge in [0, 0.05) is 48.5 Å². The molecule has 2 fully saturated rings. The van der Waals surface area contributed by atoms with Crippen LogP contribution in [0.4, 0.5) is 11.8 Å². The lowest BCUT2D eigenvalue weighted by Crippen LogP contribution is -2.42. The number of halogens is 2. The predicted molar refractivity (Wildman–Crippen MR) is 113 cm³/mol. The van der Waals surface area contributed by atoms with Gasteiger partial charge in [0.15, 0.2) is 0 Å². The molecule has 1 atom stereocenters. The van der Waals surface area contributed by atoms with E-state index in [4.69, 9.17) is 32.9 Å². The minimum absolute atomic E-state index is 0.357. The Labute approximate surface area is 175 Å². The molecule has 2 aliphatic rings. The van der Waals surface area contributed by atoms with Crippen molar-refractivity contribution >= 4 is 35.0 Å². The number of ether oxygens (including phenoxy) is 1. The molecule has 2 aromatic rings. The number of piperidine rings is 1. The van der Waals surface area contributed by atoms with Crippen LogP contribution in [0.3, 0.4) is 0 Å². The van der Waals surface area contributed by atoms with Crippen molar-refractivity contribution in [3.63, 3.8) is 0 Å². The van der Waals surface area contributed by atoms with Crippen molar-refractivity contribution < 1.29 is 4.74 Å². The van der Waals surface area contributed by atoms with E-state index in [0.29, 0.717) is 16.1 Å². The van der Waals surface area contributed by atoms with E-state index in [1.807, 2.05) is 24.4 Å². The smallest absolute Gasteiger partial charge is 0.227 e. The van der Waals surface area contributed by atoms with Gasteiger partial charge < -0.3 is 15.0 Å². The number of nitrogens with one attached hydrogen (secondary N) is 1. The van der Waals surface area contributed by atoms with Crippen molar-refractivity contribution in [3.8, 4) is 0 Å². The molecule has 0 radical (unpaired) electrons. The summed E-state index contributed by atoms with van der Waals surface area (Å²) in [5.74, 6) is 1.66. The van der Waals surface area contributed by atoms with Crippen LogP contribution in [0.1, 0.15) is 18.4 Å². The SMILES string of the molecule is Clc1cc(Cl)cc(CN2CCCC(Nc3ccnc(N4CCOCC4)n3)C2)c1. The third-order valence-electron chi connectivity index (χ3n) is 5.12. The zero-order chi connectivity index (χ0) is 19.3. The van der Waals surface area contributed by atoms with Gasteiger partial charge in [-0.15, -0.1) is 0 Å². The Balaban J connectivity index is 1.37. The van der Waals surface area contributed by atoms with Gasteiger partial charge in [-0.3, -0.25) is 4.90 Å². The first kappa shape index (κ1) is 19.7. The van der Waals surface area contributed by atoms with E-state index in [0.717, 1.165) is 76.1 Å². The molecule has 6 nitrogen and oxygen atoms in total. The Kier molecular flexibility index (Phi) is 6.52. The molecule has 150 valence electrons. The molecule has 1 aromatic carbocycles. The second-order valence-corrected chi connectivity index (χ2v) is 8.21. The Morgan fingerprint density at radius 2 is 1.89 bits per heavy atom. The molecule has 0 spiro atoms. The molecule has 28 heavy (non-hydrogen) atoms. The first-order chi connectivity index (χ1) is 13.7. The van der Waals surface area contributed by atoms with Gasteiger partial charge in [-0.05, 0) is 49.2 Å². The zero-order valence-electron chi connectivity index (χ0n) is 15.8. The average Bonchev–Trinajstić information content (AvgIpc) is 2.68. The summed E-state index contributed by atoms with van der Waals surface area (Å²) in [5, 5.41) is 4.97. The van der Waals surface area contributed by atoms with Crippen molar-refractivity contribution in [3.05, 3.63) is 46.1 Å². The van der Waals surface area contributed by atoms with Gasteiger partial charge in [0.2, 0.25) is 5.95 Å². The van der Waals surface area contributed by atoms with Crippen molar-refractivity contribution in [1.82, 2.24) is 14.9 Å². The first-order valence-electron chi connectivity index (χ1n) is 9.75. The van der Waals surface area contributed by atoms with Gasteiger partial charge in [-0.25, -0.2) is 4.98 Å². The van der Waals surface area contributed by atoms with E-state index < -0.39 is 0 Å². The van der Waals surface area contributed by atoms with Crippen molar-refractivity contribution in [2.45, 2.75) is 25.4 Å². The third-order valence-corrected chi connectivity index (χ3v) is 5.56. The van der Waals surface area contributed by atoms with Gasteiger partial charge in [-0.2, -0.15) is 4.98 Å². The Hall–Kier alpha value is -1.60. The van der Waals surface area contributed by atoms with Crippen LogP contribution in [0.25, 0.3) is 0 Å². The molecule has 1 unspecified atom stereocenters. The number of nitrogens with zero attached hydrogens (tertiary/aromatic N) is 4. The van der Waals surface area contributed by atoms with Crippen LogP contribution in [0.5, 0.6) is 0 Å². The predicted octanol–water partition coefficient (Wildman–Crippen LogP) is 3.70. The fraction of sp³-hybridized carbons (Fsp3) is 0.500. The first-order valence-corrected chi connectivity index (χ1v) is 10.5. The lowest BCUT2D eigenvalue weighted by Gasteiger charge is -2.33. The fourth-order valence-corrected chi connectivity index (χ4v) is 4.40. The minimum Gasteiger partial charge on any atom is -0.378 e. The van der Waals surface area contributed by atoms with E-state index in [1.165, 1.54) is 0 Å². The number of hydrogen-bond donors (Lipinski definition) is 1. The second-order valence-electron chi connectivity index (χ2n) is 7.34. The lowest BCUT2D eigenvalue weighted by molar-refractivity contribution is 0.122. The van der Waals surface area contributed by atoms with Gasteiger partial charge in [0.05, 0.1) is 13.2 Å². The molecule has 2 aliphatic heterocycles. The summed E-state index contributed by atoms with van der Waals surface area (Å²) >= 11 is 12.3. The number of morpholine rings is 1. The van der Waals surface area contributed by atoms with Crippen LogP contribution in [0.2, 0.25) is 10.0 Å². The number of aromatic nitrogens is 2. The van der Waals surface area contributed by atoms with E-state index in [-0.39, 0.29) is 0 Å². The quantitative estimate of drug-likeness (QED) is 0.793. The molecule has 0 saturated carbocycles. The summed E-state index contributed by atoms with van der Waals surface area (Å²) in [6.07, 6.45) is 4.10. The molecule has 0 aliphatic carbocycles. The Morgan fingerprint density at radius 1 is 1.11 bits per heavy atom. The van der Waals surface area contributed by atoms with Crippen molar-refractivity contribution in [2.24, 2.45) is 0 Å². The number of benzene rings is 1. The second kappa shape index (κ2) is 9.27. The molecule has 2 saturated heterocycles. The summed E-state index contributed by atoms with van der Waals surface area (Å²) in [6.45, 7) is 6.01. The van der Waals surface area contributed by atoms with E-state index in [2.05, 4.69) is 20.1 Å². The van der Waals surface area contributed by atoms with E-state index in [9.17, 15) is 0 Å². The molecule has 0 bridgehead atoms. The maximum atomic E-state index is 6.14. The number of anilines is 2. The minimum atomic E-state index is 0.357. The van der Waals surface area contributed by atoms with Gasteiger partial charge in [0.25, 0.3) is 0 Å². The number of likely N-dealkylation sites (tertiary alicyclic amines) is 1. The molecule has 1 aromatic heterocycles. The van der Waals surface area contributed by atoms with Crippen LogP contribution in [-0.2, 0) is 11.3 Å². The molecular formula is C20H25Cl2N5O. The number of hydrogen-bond acceptors (Lipinski definition) is 6. The van der Waals surface area contributed by atoms with Crippen LogP contribution >= 0.6 is 23.2 Å². The average molecular weight is 422 g/mol. The normalized spacial score (nSPS) is 20.9. The topological polar surface area (TPSA) is 53.5 Å². The molecule has 8 heteroatoms. The molecule has 0 amide bonds. The summed E-state index contributed by atoms with van der Waals surface area (Å²) in [5.41, 5.74) is 1.15. The maximum Gasteiger partial charge on any atom is 0.227 e. The van der Waals surface area contributed by atoms with Gasteiger partial charge in [-0.1, -0.05) is 23.2 Å². The highest BCUT2D eigenvalue weighted by molar-refractivity contribution is 6.34. The fourth-order valence-electron chi connectivity index (χ4n) is 3.83. The molecule has 1 N–H and O–H groups in total. The largest absolute Gasteiger partial charge is 0.378 e. The molecule has 3 heterocycles. The zero-order valence-corrected chi connectivity index (χ0v) is 17.3. The van der Waals surface area contributed by atoms with Crippen LogP contribution in [0.15, 0.2) is 30.5 Å². The summed E-state index contributed by atoms with van der Waals surface area (Å²) in [7, 11) is 0. The molecule has 4 rings (SSSR count). The van der Waals surface area contributed by atoms with Crippen LogP contribution < -0.4 is 10.2 Å². The van der Waals surface area contributed by atoms with E-state index in [1.54, 1.807) is 6.07 Å². The van der Waals surface area contributed by atoms with Crippen molar-refractivity contribution in [1.29, 1.82) is 0 Å².